The van der Waals surface area contributed by atoms with Gasteiger partial charge < -0.3 is 5.11 Å². The van der Waals surface area contributed by atoms with Crippen LogP contribution in [0.1, 0.15) is 16.7 Å². The summed E-state index contributed by atoms with van der Waals surface area (Å²) >= 11 is 1.06. The molecule has 0 heterocycles. The molecule has 117 valence electrons. The summed E-state index contributed by atoms with van der Waals surface area (Å²) in [7, 11) is 0. The molecule has 3 nitrogen and oxygen atoms in total. The van der Waals surface area contributed by atoms with E-state index in [0.717, 1.165) is 46.2 Å². The van der Waals surface area contributed by atoms with Crippen molar-refractivity contribution < 1.29 is 26.1 Å². The standard InChI is InChI=1S/C20H15NO.O.V/c22-20-16(13-21-17-7-2-1-3-8-17)11-10-15-12-14-6-4-5-9-18(14)19(15)20;;/h1-11,13,22H,12H2;;. The predicted octanol–water partition coefficient (Wildman–Crippen LogP) is 4.59. The Bertz CT molecular complexity index is 891. The second-order valence-corrected chi connectivity index (χ2v) is 5.47. The molecular formula is C20H15NO2V. The number of aromatic hydroxyl groups is 1. The fourth-order valence-electron chi connectivity index (χ4n) is 2.98. The molecule has 0 atom stereocenters. The zero-order valence-electron chi connectivity index (χ0n) is 12.9. The van der Waals surface area contributed by atoms with Crippen LogP contribution in [0.5, 0.6) is 5.75 Å². The first-order chi connectivity index (χ1) is 11.8. The van der Waals surface area contributed by atoms with Gasteiger partial charge in [0.25, 0.3) is 0 Å². The summed E-state index contributed by atoms with van der Waals surface area (Å²) in [6.07, 6.45) is 2.61. The number of hydrogen-bond acceptors (Lipinski definition) is 3. The van der Waals surface area contributed by atoms with Crippen molar-refractivity contribution in [2.45, 2.75) is 6.42 Å². The van der Waals surface area contributed by atoms with Crippen LogP contribution < -0.4 is 0 Å². The first-order valence-corrected chi connectivity index (χ1v) is 8.10. The number of fused-ring (bicyclic) bond motifs is 3. The molecule has 0 radical (unpaired) electrons. The molecule has 0 spiro atoms. The van der Waals surface area contributed by atoms with E-state index >= 15 is 0 Å². The molecule has 0 bridgehead atoms. The molecule has 1 aliphatic carbocycles. The topological polar surface area (TPSA) is 49.7 Å². The second-order valence-electron chi connectivity index (χ2n) is 5.47. The molecular weight excluding hydrogens is 337 g/mol. The van der Waals surface area contributed by atoms with Crippen LogP contribution in [0.2, 0.25) is 0 Å². The van der Waals surface area contributed by atoms with E-state index in [-0.39, 0.29) is 0 Å². The fraction of sp³-hybridized carbons (Fsp3) is 0.0500. The number of benzene rings is 3. The van der Waals surface area contributed by atoms with Gasteiger partial charge in [-0.3, -0.25) is 4.99 Å². The molecule has 4 rings (SSSR count). The Balaban J connectivity index is 0.000000815. The molecule has 0 unspecified atom stereocenters. The molecule has 3 aromatic rings. The number of hydrogen-bond donors (Lipinski definition) is 1. The molecule has 0 fully saturated rings. The summed E-state index contributed by atoms with van der Waals surface area (Å²) in [6.45, 7) is 0. The van der Waals surface area contributed by atoms with Gasteiger partial charge in [0.2, 0.25) is 0 Å². The van der Waals surface area contributed by atoms with E-state index in [1.54, 1.807) is 6.21 Å². The van der Waals surface area contributed by atoms with Crippen molar-refractivity contribution in [2.24, 2.45) is 4.99 Å². The van der Waals surface area contributed by atoms with E-state index in [4.69, 9.17) is 3.67 Å². The van der Waals surface area contributed by atoms with E-state index in [9.17, 15) is 5.11 Å². The van der Waals surface area contributed by atoms with Gasteiger partial charge in [0, 0.05) is 17.3 Å². The molecule has 24 heavy (non-hydrogen) atoms. The van der Waals surface area contributed by atoms with Gasteiger partial charge in [0.1, 0.15) is 5.75 Å². The fourth-order valence-corrected chi connectivity index (χ4v) is 2.98. The number of nitrogens with zero attached hydrogens (tertiary/aromatic N) is 1. The molecule has 4 heteroatoms. The zero-order chi connectivity index (χ0) is 16.9. The molecule has 0 amide bonds. The van der Waals surface area contributed by atoms with Gasteiger partial charge in [0.15, 0.2) is 0 Å². The van der Waals surface area contributed by atoms with Crippen LogP contribution in [0.4, 0.5) is 5.69 Å². The third kappa shape index (κ3) is 3.09. The second kappa shape index (κ2) is 7.39. The minimum absolute atomic E-state index is 0.321. The molecule has 1 N–H and O–H groups in total. The number of phenolic OH excluding ortho intramolecular Hbond substituents is 1. The van der Waals surface area contributed by atoms with Crippen LogP contribution in [0.15, 0.2) is 71.7 Å². The summed E-state index contributed by atoms with van der Waals surface area (Å²) in [5, 5.41) is 10.6. The quantitative estimate of drug-likeness (QED) is 0.536. The Labute approximate surface area is 149 Å². The average molecular weight is 352 g/mol. The van der Waals surface area contributed by atoms with Gasteiger partial charge in [-0.15, -0.1) is 0 Å². The third-order valence-corrected chi connectivity index (χ3v) is 4.07. The van der Waals surface area contributed by atoms with Crippen LogP contribution >= 0.6 is 0 Å². The Kier molecular flexibility index (Phi) is 5.04. The van der Waals surface area contributed by atoms with E-state index in [1.807, 2.05) is 48.5 Å². The van der Waals surface area contributed by atoms with Gasteiger partial charge in [-0.05, 0) is 41.3 Å². The van der Waals surface area contributed by atoms with Gasteiger partial charge >= 0.3 is 21.0 Å². The summed E-state index contributed by atoms with van der Waals surface area (Å²) < 4.78 is 8.19. The van der Waals surface area contributed by atoms with Crippen molar-refractivity contribution in [2.75, 3.05) is 0 Å². The van der Waals surface area contributed by atoms with Crippen molar-refractivity contribution in [3.05, 3.63) is 83.4 Å². The Morgan fingerprint density at radius 3 is 2.38 bits per heavy atom. The molecule has 3 aromatic carbocycles. The molecule has 0 saturated heterocycles. The first kappa shape index (κ1) is 16.4. The van der Waals surface area contributed by atoms with Gasteiger partial charge in [-0.25, -0.2) is 0 Å². The zero-order valence-corrected chi connectivity index (χ0v) is 14.3. The maximum atomic E-state index is 10.6. The monoisotopic (exact) mass is 352 g/mol. The van der Waals surface area contributed by atoms with Crippen molar-refractivity contribution >= 4 is 11.9 Å². The first-order valence-electron chi connectivity index (χ1n) is 7.53. The van der Waals surface area contributed by atoms with Crippen LogP contribution in [-0.2, 0) is 27.5 Å². The number of phenols is 1. The third-order valence-electron chi connectivity index (χ3n) is 4.07. The average Bonchev–Trinajstić information content (AvgIpc) is 3.03. The normalized spacial score (nSPS) is 11.5. The van der Waals surface area contributed by atoms with Gasteiger partial charge in [-0.1, -0.05) is 48.5 Å². The summed E-state index contributed by atoms with van der Waals surface area (Å²) in [5.41, 5.74) is 6.15. The van der Waals surface area contributed by atoms with E-state index in [1.165, 1.54) is 11.1 Å². The van der Waals surface area contributed by atoms with Crippen molar-refractivity contribution in [3.63, 3.8) is 0 Å². The molecule has 1 aliphatic rings. The van der Waals surface area contributed by atoms with Crippen molar-refractivity contribution in [1.29, 1.82) is 0 Å². The minimum atomic E-state index is 0.321. The van der Waals surface area contributed by atoms with Gasteiger partial charge in [0.05, 0.1) is 5.69 Å². The SMILES string of the molecule is Oc1c(C=Nc2ccccc2)ccc2c1-c1ccccc1C2.[O]=[V]. The van der Waals surface area contributed by atoms with Crippen LogP contribution in [0.25, 0.3) is 11.1 Å². The molecule has 0 aromatic heterocycles. The van der Waals surface area contributed by atoms with Gasteiger partial charge in [-0.2, -0.15) is 0 Å². The maximum absolute atomic E-state index is 10.6. The van der Waals surface area contributed by atoms with Crippen molar-refractivity contribution in [3.8, 4) is 16.9 Å². The number of aliphatic imine (C=N–C) groups is 1. The number of para-hydroxylation sites is 1. The summed E-state index contributed by atoms with van der Waals surface area (Å²) in [5.74, 6) is 0.321. The van der Waals surface area contributed by atoms with Crippen LogP contribution in [-0.4, -0.2) is 11.3 Å². The Morgan fingerprint density at radius 1 is 0.875 bits per heavy atom. The Hall–Kier alpha value is -2.49. The van der Waals surface area contributed by atoms with Crippen LogP contribution in [0.3, 0.4) is 0 Å². The van der Waals surface area contributed by atoms with E-state index < -0.39 is 0 Å². The van der Waals surface area contributed by atoms with Crippen molar-refractivity contribution in [1.82, 2.24) is 0 Å². The van der Waals surface area contributed by atoms with E-state index in [2.05, 4.69) is 23.2 Å². The summed E-state index contributed by atoms with van der Waals surface area (Å²) in [4.78, 5) is 4.43. The van der Waals surface area contributed by atoms with Crippen LogP contribution in [0, 0.1) is 0 Å². The molecule has 0 saturated carbocycles. The Morgan fingerprint density at radius 2 is 1.58 bits per heavy atom. The number of rotatable bonds is 2. The molecule has 0 aliphatic heterocycles. The summed E-state index contributed by atoms with van der Waals surface area (Å²) in [6, 6.07) is 22.0. The van der Waals surface area contributed by atoms with E-state index in [0.29, 0.717) is 5.75 Å². The predicted molar refractivity (Wildman–Crippen MR) is 90.7 cm³/mol.